The summed E-state index contributed by atoms with van der Waals surface area (Å²) in [6.07, 6.45) is 11.4. The van der Waals surface area contributed by atoms with Crippen molar-refractivity contribution in [3.8, 4) is 0 Å². The van der Waals surface area contributed by atoms with E-state index in [-0.39, 0.29) is 23.6 Å². The lowest BCUT2D eigenvalue weighted by Gasteiger charge is -2.32. The van der Waals surface area contributed by atoms with E-state index in [9.17, 15) is 9.59 Å². The van der Waals surface area contributed by atoms with Crippen LogP contribution in [-0.2, 0) is 4.79 Å². The van der Waals surface area contributed by atoms with E-state index in [1.807, 2.05) is 47.8 Å². The Labute approximate surface area is 201 Å². The van der Waals surface area contributed by atoms with Crippen LogP contribution in [0.2, 0.25) is 0 Å². The summed E-state index contributed by atoms with van der Waals surface area (Å²) in [5.41, 5.74) is 1.67. The van der Waals surface area contributed by atoms with E-state index in [1.165, 1.54) is 41.2 Å². The van der Waals surface area contributed by atoms with Crippen LogP contribution >= 0.6 is 11.3 Å². The number of rotatable bonds is 6. The summed E-state index contributed by atoms with van der Waals surface area (Å²) < 4.78 is 0. The molecule has 4 aromatic rings. The molecule has 1 aromatic carbocycles. The highest BCUT2D eigenvalue weighted by Gasteiger charge is 2.36. The van der Waals surface area contributed by atoms with Crippen LogP contribution in [0.4, 0.5) is 5.00 Å². The van der Waals surface area contributed by atoms with Gasteiger partial charge in [0.2, 0.25) is 5.91 Å². The number of anilines is 1. The standard InChI is InChI=1S/C26H25N5O2S/c32-25(30-20-8-2-1-3-9-20)24(19-15-18-7-4-5-10-21(18)29-16-19)31(23-11-6-14-34-23)26(33)22-17-27-12-13-28-22/h4-7,10-17,20,24H,1-3,8-9H2,(H,30,32). The Hall–Kier alpha value is -3.65. The Morgan fingerprint density at radius 1 is 1.00 bits per heavy atom. The lowest BCUT2D eigenvalue weighted by molar-refractivity contribution is -0.123. The fourth-order valence-corrected chi connectivity index (χ4v) is 5.22. The Balaban J connectivity index is 1.60. The van der Waals surface area contributed by atoms with Crippen molar-refractivity contribution in [2.24, 2.45) is 0 Å². The number of carbonyl (C=O) groups is 2. The molecule has 0 saturated heterocycles. The molecule has 0 aliphatic heterocycles. The second-order valence-corrected chi connectivity index (χ2v) is 9.35. The van der Waals surface area contributed by atoms with Gasteiger partial charge in [-0.2, -0.15) is 0 Å². The third-order valence-corrected chi connectivity index (χ3v) is 7.00. The highest BCUT2D eigenvalue weighted by molar-refractivity contribution is 7.14. The summed E-state index contributed by atoms with van der Waals surface area (Å²) in [7, 11) is 0. The molecular weight excluding hydrogens is 446 g/mol. The minimum Gasteiger partial charge on any atom is -0.351 e. The molecule has 3 heterocycles. The van der Waals surface area contributed by atoms with Crippen molar-refractivity contribution in [3.05, 3.63) is 83.9 Å². The predicted octanol–water partition coefficient (Wildman–Crippen LogP) is 4.92. The van der Waals surface area contributed by atoms with Crippen molar-refractivity contribution in [1.29, 1.82) is 0 Å². The van der Waals surface area contributed by atoms with Crippen LogP contribution in [0.15, 0.2) is 72.6 Å². The van der Waals surface area contributed by atoms with Gasteiger partial charge in [-0.25, -0.2) is 4.98 Å². The lowest BCUT2D eigenvalue weighted by atomic mass is 9.94. The number of carbonyl (C=O) groups excluding carboxylic acids is 2. The van der Waals surface area contributed by atoms with Crippen molar-refractivity contribution < 1.29 is 9.59 Å². The van der Waals surface area contributed by atoms with Crippen molar-refractivity contribution in [2.45, 2.75) is 44.2 Å². The molecule has 0 bridgehead atoms. The zero-order valence-electron chi connectivity index (χ0n) is 18.6. The fourth-order valence-electron chi connectivity index (χ4n) is 4.47. The molecule has 1 N–H and O–H groups in total. The van der Waals surface area contributed by atoms with Gasteiger partial charge < -0.3 is 5.32 Å². The van der Waals surface area contributed by atoms with Crippen LogP contribution in [0.25, 0.3) is 10.9 Å². The van der Waals surface area contributed by atoms with Gasteiger partial charge in [0.05, 0.1) is 16.7 Å². The van der Waals surface area contributed by atoms with Gasteiger partial charge in [-0.3, -0.25) is 24.5 Å². The number of para-hydroxylation sites is 1. The first kappa shape index (κ1) is 22.2. The van der Waals surface area contributed by atoms with Gasteiger partial charge >= 0.3 is 0 Å². The van der Waals surface area contributed by atoms with Gasteiger partial charge in [0.15, 0.2) is 0 Å². The lowest BCUT2D eigenvalue weighted by Crippen LogP contribution is -2.47. The molecule has 5 rings (SSSR count). The third kappa shape index (κ3) is 4.68. The summed E-state index contributed by atoms with van der Waals surface area (Å²) in [5, 5.41) is 6.68. The Bertz CT molecular complexity index is 1270. The SMILES string of the molecule is O=C(NC1CCCCC1)C(c1cnc2ccccc2c1)N(C(=O)c1cnccn1)c1cccs1. The molecule has 3 aromatic heterocycles. The number of hydrogen-bond acceptors (Lipinski definition) is 6. The average molecular weight is 472 g/mol. The topological polar surface area (TPSA) is 88.1 Å². The first-order valence-electron chi connectivity index (χ1n) is 11.5. The Morgan fingerprint density at radius 3 is 2.62 bits per heavy atom. The molecule has 1 aliphatic carbocycles. The summed E-state index contributed by atoms with van der Waals surface area (Å²) >= 11 is 1.40. The third-order valence-electron chi connectivity index (χ3n) is 6.13. The van der Waals surface area contributed by atoms with Gasteiger partial charge in [-0.15, -0.1) is 11.3 Å². The summed E-state index contributed by atoms with van der Waals surface area (Å²) in [6.45, 7) is 0. The van der Waals surface area contributed by atoms with Crippen LogP contribution in [0.3, 0.4) is 0 Å². The molecule has 7 nitrogen and oxygen atoms in total. The van der Waals surface area contributed by atoms with E-state index < -0.39 is 6.04 Å². The van der Waals surface area contributed by atoms with Crippen LogP contribution in [-0.4, -0.2) is 32.8 Å². The van der Waals surface area contributed by atoms with Gasteiger partial charge in [-0.05, 0) is 42.5 Å². The van der Waals surface area contributed by atoms with Gasteiger partial charge in [0.25, 0.3) is 5.91 Å². The van der Waals surface area contributed by atoms with Crippen LogP contribution in [0.1, 0.15) is 54.2 Å². The normalized spacial score (nSPS) is 15.1. The first-order valence-corrected chi connectivity index (χ1v) is 12.4. The second-order valence-electron chi connectivity index (χ2n) is 8.42. The molecule has 1 unspecified atom stereocenters. The fraction of sp³-hybridized carbons (Fsp3) is 0.269. The van der Waals surface area contributed by atoms with E-state index in [1.54, 1.807) is 6.20 Å². The Morgan fingerprint density at radius 2 is 1.85 bits per heavy atom. The molecule has 1 aliphatic rings. The molecule has 0 spiro atoms. The van der Waals surface area contributed by atoms with Crippen LogP contribution < -0.4 is 10.2 Å². The number of amides is 2. The van der Waals surface area contributed by atoms with E-state index >= 15 is 0 Å². The second kappa shape index (κ2) is 10.1. The number of hydrogen-bond donors (Lipinski definition) is 1. The average Bonchev–Trinajstić information content (AvgIpc) is 3.42. The quantitative estimate of drug-likeness (QED) is 0.431. The molecule has 34 heavy (non-hydrogen) atoms. The van der Waals surface area contributed by atoms with E-state index in [4.69, 9.17) is 0 Å². The highest BCUT2D eigenvalue weighted by atomic mass is 32.1. The minimum absolute atomic E-state index is 0.106. The summed E-state index contributed by atoms with van der Waals surface area (Å²) in [5.74, 6) is -0.595. The molecule has 1 fully saturated rings. The summed E-state index contributed by atoms with van der Waals surface area (Å²) in [4.78, 5) is 42.0. The molecule has 1 saturated carbocycles. The van der Waals surface area contributed by atoms with Crippen molar-refractivity contribution in [1.82, 2.24) is 20.3 Å². The first-order chi connectivity index (χ1) is 16.7. The van der Waals surface area contributed by atoms with E-state index in [2.05, 4.69) is 20.3 Å². The largest absolute Gasteiger partial charge is 0.351 e. The Kier molecular flexibility index (Phi) is 6.58. The molecule has 0 radical (unpaired) electrons. The van der Waals surface area contributed by atoms with Crippen LogP contribution in [0.5, 0.6) is 0 Å². The number of nitrogens with one attached hydrogen (secondary N) is 1. The van der Waals surface area contributed by atoms with Crippen LogP contribution in [0, 0.1) is 0 Å². The molecule has 2 amide bonds. The number of nitrogens with zero attached hydrogens (tertiary/aromatic N) is 4. The number of benzene rings is 1. The zero-order valence-corrected chi connectivity index (χ0v) is 19.4. The number of aromatic nitrogens is 3. The monoisotopic (exact) mass is 471 g/mol. The van der Waals surface area contributed by atoms with Crippen molar-refractivity contribution in [3.63, 3.8) is 0 Å². The van der Waals surface area contributed by atoms with E-state index in [0.717, 1.165) is 36.6 Å². The molecule has 172 valence electrons. The van der Waals surface area contributed by atoms with Crippen molar-refractivity contribution >= 4 is 39.1 Å². The predicted molar refractivity (Wildman–Crippen MR) is 133 cm³/mol. The highest BCUT2D eigenvalue weighted by Crippen LogP contribution is 2.34. The molecule has 1 atom stereocenters. The number of thiophene rings is 1. The number of fused-ring (bicyclic) bond motifs is 1. The van der Waals surface area contributed by atoms with Gasteiger partial charge in [0.1, 0.15) is 11.7 Å². The maximum absolute atomic E-state index is 13.9. The summed E-state index contributed by atoms with van der Waals surface area (Å²) in [6, 6.07) is 12.6. The maximum atomic E-state index is 13.9. The van der Waals surface area contributed by atoms with Crippen molar-refractivity contribution in [2.75, 3.05) is 4.90 Å². The molecular formula is C26H25N5O2S. The van der Waals surface area contributed by atoms with Gasteiger partial charge in [-0.1, -0.05) is 37.5 Å². The van der Waals surface area contributed by atoms with E-state index in [0.29, 0.717) is 10.6 Å². The molecule has 8 heteroatoms. The van der Waals surface area contributed by atoms with Gasteiger partial charge in [0, 0.05) is 35.6 Å². The smallest absolute Gasteiger partial charge is 0.280 e. The number of pyridine rings is 1. The zero-order chi connectivity index (χ0) is 23.3. The maximum Gasteiger partial charge on any atom is 0.280 e. The minimum atomic E-state index is -0.896.